The van der Waals surface area contributed by atoms with Gasteiger partial charge in [0.1, 0.15) is 0 Å². The van der Waals surface area contributed by atoms with Crippen molar-refractivity contribution in [2.45, 2.75) is 51.4 Å². The summed E-state index contributed by atoms with van der Waals surface area (Å²) < 4.78 is 0. The first-order valence-corrected chi connectivity index (χ1v) is 9.55. The van der Waals surface area contributed by atoms with Gasteiger partial charge in [0.05, 0.1) is 10.7 Å². The average molecular weight is 335 g/mol. The van der Waals surface area contributed by atoms with Crippen LogP contribution in [0.5, 0.6) is 0 Å². The quantitative estimate of drug-likeness (QED) is 0.868. The third kappa shape index (κ3) is 4.31. The van der Waals surface area contributed by atoms with Crippen molar-refractivity contribution < 1.29 is 9.59 Å². The Morgan fingerprint density at radius 3 is 2.96 bits per heavy atom. The Hall–Kier alpha value is -1.43. The van der Waals surface area contributed by atoms with Gasteiger partial charge in [-0.15, -0.1) is 11.3 Å². The molecule has 0 spiro atoms. The number of likely N-dealkylation sites (tertiary alicyclic amines) is 1. The average Bonchev–Trinajstić information content (AvgIpc) is 3.33. The maximum Gasteiger partial charge on any atom is 0.223 e. The Kier molecular flexibility index (Phi) is 5.30. The zero-order chi connectivity index (χ0) is 16.2. The normalized spacial score (nSPS) is 21.3. The van der Waals surface area contributed by atoms with Gasteiger partial charge in [-0.3, -0.25) is 9.59 Å². The van der Waals surface area contributed by atoms with Gasteiger partial charge in [0.2, 0.25) is 11.8 Å². The summed E-state index contributed by atoms with van der Waals surface area (Å²) in [5.41, 5.74) is 1.06. The molecule has 2 fully saturated rings. The SMILES string of the molecule is CCC(=O)N1CCCC(c2nc(CCNC(=O)C3CC3)cs2)C1. The van der Waals surface area contributed by atoms with Crippen molar-refractivity contribution in [1.29, 1.82) is 0 Å². The third-order valence-electron chi connectivity index (χ3n) is 4.62. The summed E-state index contributed by atoms with van der Waals surface area (Å²) >= 11 is 1.69. The molecule has 1 saturated carbocycles. The second-order valence-electron chi connectivity index (χ2n) is 6.52. The molecule has 2 heterocycles. The van der Waals surface area contributed by atoms with E-state index in [0.717, 1.165) is 55.9 Å². The first kappa shape index (κ1) is 16.4. The summed E-state index contributed by atoms with van der Waals surface area (Å²) in [7, 11) is 0. The van der Waals surface area contributed by atoms with Crippen LogP contribution < -0.4 is 5.32 Å². The predicted octanol–water partition coefficient (Wildman–Crippen LogP) is 2.33. The molecular weight excluding hydrogens is 310 g/mol. The second-order valence-corrected chi connectivity index (χ2v) is 7.41. The number of piperidine rings is 1. The number of aromatic nitrogens is 1. The molecule has 23 heavy (non-hydrogen) atoms. The van der Waals surface area contributed by atoms with Gasteiger partial charge in [-0.05, 0) is 25.7 Å². The Morgan fingerprint density at radius 2 is 2.22 bits per heavy atom. The standard InChI is InChI=1S/C17H25N3O2S/c1-2-15(21)20-9-3-4-13(10-20)17-19-14(11-23-17)7-8-18-16(22)12-5-6-12/h11-13H,2-10H2,1H3,(H,18,22). The largest absolute Gasteiger partial charge is 0.355 e. The fourth-order valence-corrected chi connectivity index (χ4v) is 4.04. The van der Waals surface area contributed by atoms with Crippen LogP contribution in [0.15, 0.2) is 5.38 Å². The van der Waals surface area contributed by atoms with Gasteiger partial charge < -0.3 is 10.2 Å². The van der Waals surface area contributed by atoms with E-state index in [1.807, 2.05) is 11.8 Å². The van der Waals surface area contributed by atoms with Crippen molar-refractivity contribution in [1.82, 2.24) is 15.2 Å². The number of hydrogen-bond donors (Lipinski definition) is 1. The highest BCUT2D eigenvalue weighted by Gasteiger charge is 2.29. The number of thiazole rings is 1. The summed E-state index contributed by atoms with van der Waals surface area (Å²) in [6.45, 7) is 4.28. The summed E-state index contributed by atoms with van der Waals surface area (Å²) in [4.78, 5) is 30.2. The summed E-state index contributed by atoms with van der Waals surface area (Å²) in [6, 6.07) is 0. The van der Waals surface area contributed by atoms with Crippen LogP contribution in [0, 0.1) is 5.92 Å². The maximum absolute atomic E-state index is 11.9. The van der Waals surface area contributed by atoms with Gasteiger partial charge in [-0.25, -0.2) is 4.98 Å². The van der Waals surface area contributed by atoms with Crippen LogP contribution in [-0.2, 0) is 16.0 Å². The monoisotopic (exact) mass is 335 g/mol. The van der Waals surface area contributed by atoms with Crippen molar-refractivity contribution in [3.8, 4) is 0 Å². The minimum Gasteiger partial charge on any atom is -0.355 e. The molecule has 2 amide bonds. The van der Waals surface area contributed by atoms with E-state index < -0.39 is 0 Å². The Morgan fingerprint density at radius 1 is 1.39 bits per heavy atom. The van der Waals surface area contributed by atoms with Crippen LogP contribution in [0.3, 0.4) is 0 Å². The molecule has 1 unspecified atom stereocenters. The van der Waals surface area contributed by atoms with Crippen molar-refractivity contribution in [3.63, 3.8) is 0 Å². The van der Waals surface area contributed by atoms with E-state index >= 15 is 0 Å². The lowest BCUT2D eigenvalue weighted by Crippen LogP contribution is -2.38. The van der Waals surface area contributed by atoms with E-state index in [0.29, 0.717) is 18.9 Å². The Bertz CT molecular complexity index is 568. The molecule has 126 valence electrons. The zero-order valence-corrected chi connectivity index (χ0v) is 14.5. The van der Waals surface area contributed by atoms with Crippen LogP contribution in [0.1, 0.15) is 55.6 Å². The number of carbonyl (C=O) groups is 2. The third-order valence-corrected chi connectivity index (χ3v) is 5.68. The molecule has 0 aromatic carbocycles. The summed E-state index contributed by atoms with van der Waals surface area (Å²) in [5, 5.41) is 6.22. The van der Waals surface area contributed by atoms with Crippen molar-refractivity contribution in [3.05, 3.63) is 16.1 Å². The first-order valence-electron chi connectivity index (χ1n) is 8.67. The molecule has 0 bridgehead atoms. The number of amides is 2. The van der Waals surface area contributed by atoms with Crippen LogP contribution in [0.2, 0.25) is 0 Å². The predicted molar refractivity (Wildman–Crippen MR) is 90.4 cm³/mol. The Labute approximate surface area is 141 Å². The minimum atomic E-state index is 0.196. The zero-order valence-electron chi connectivity index (χ0n) is 13.7. The number of hydrogen-bond acceptors (Lipinski definition) is 4. The molecule has 1 saturated heterocycles. The molecule has 3 rings (SSSR count). The van der Waals surface area contributed by atoms with Crippen LogP contribution in [0.25, 0.3) is 0 Å². The summed E-state index contributed by atoms with van der Waals surface area (Å²) in [5.74, 6) is 1.08. The molecule has 1 aromatic heterocycles. The molecular formula is C17H25N3O2S. The highest BCUT2D eigenvalue weighted by atomic mass is 32.1. The molecule has 1 aliphatic carbocycles. The van der Waals surface area contributed by atoms with Crippen LogP contribution in [-0.4, -0.2) is 41.3 Å². The second kappa shape index (κ2) is 7.43. The number of nitrogens with one attached hydrogen (secondary N) is 1. The fraction of sp³-hybridized carbons (Fsp3) is 0.706. The van der Waals surface area contributed by atoms with E-state index in [9.17, 15) is 9.59 Å². The van der Waals surface area contributed by atoms with E-state index in [1.54, 1.807) is 11.3 Å². The molecule has 6 heteroatoms. The molecule has 1 N–H and O–H groups in total. The number of rotatable bonds is 6. The summed E-state index contributed by atoms with van der Waals surface area (Å²) in [6.07, 6.45) is 5.63. The van der Waals surface area contributed by atoms with E-state index in [2.05, 4.69) is 10.7 Å². The van der Waals surface area contributed by atoms with Gasteiger partial charge in [-0.1, -0.05) is 6.92 Å². The number of carbonyl (C=O) groups excluding carboxylic acids is 2. The molecule has 0 radical (unpaired) electrons. The van der Waals surface area contributed by atoms with Crippen molar-refractivity contribution in [2.24, 2.45) is 5.92 Å². The smallest absolute Gasteiger partial charge is 0.223 e. The molecule has 1 aliphatic heterocycles. The van der Waals surface area contributed by atoms with Crippen molar-refractivity contribution >= 4 is 23.2 Å². The topological polar surface area (TPSA) is 62.3 Å². The van der Waals surface area contributed by atoms with Gasteiger partial charge in [0.15, 0.2) is 0 Å². The minimum absolute atomic E-state index is 0.196. The van der Waals surface area contributed by atoms with Gasteiger partial charge in [0, 0.05) is 49.7 Å². The Balaban J connectivity index is 1.49. The molecule has 5 nitrogen and oxygen atoms in total. The highest BCUT2D eigenvalue weighted by Crippen LogP contribution is 2.30. The van der Waals surface area contributed by atoms with Gasteiger partial charge in [-0.2, -0.15) is 0 Å². The van der Waals surface area contributed by atoms with Crippen molar-refractivity contribution in [2.75, 3.05) is 19.6 Å². The van der Waals surface area contributed by atoms with E-state index in [1.165, 1.54) is 0 Å². The molecule has 1 aromatic rings. The van der Waals surface area contributed by atoms with Gasteiger partial charge in [0.25, 0.3) is 0 Å². The lowest BCUT2D eigenvalue weighted by molar-refractivity contribution is -0.132. The lowest BCUT2D eigenvalue weighted by atomic mass is 9.98. The molecule has 2 aliphatic rings. The highest BCUT2D eigenvalue weighted by molar-refractivity contribution is 7.09. The van der Waals surface area contributed by atoms with E-state index in [4.69, 9.17) is 4.98 Å². The first-order chi connectivity index (χ1) is 11.2. The van der Waals surface area contributed by atoms with Crippen LogP contribution >= 0.6 is 11.3 Å². The number of nitrogens with zero attached hydrogens (tertiary/aromatic N) is 2. The van der Waals surface area contributed by atoms with Gasteiger partial charge >= 0.3 is 0 Å². The lowest BCUT2D eigenvalue weighted by Gasteiger charge is -2.31. The maximum atomic E-state index is 11.9. The van der Waals surface area contributed by atoms with Crippen LogP contribution in [0.4, 0.5) is 0 Å². The fourth-order valence-electron chi connectivity index (χ4n) is 3.06. The van der Waals surface area contributed by atoms with E-state index in [-0.39, 0.29) is 17.7 Å². The molecule has 1 atom stereocenters.